The Labute approximate surface area is 133 Å². The van der Waals surface area contributed by atoms with E-state index in [0.717, 1.165) is 0 Å². The Morgan fingerprint density at radius 3 is 2.25 bits per heavy atom. The third-order valence-corrected chi connectivity index (χ3v) is 3.22. The van der Waals surface area contributed by atoms with E-state index in [1.807, 2.05) is 0 Å². The number of hydrogen-bond acceptors (Lipinski definition) is 7. The molecular weight excluding hydrogens is 329 g/mol. The molecule has 0 N–H and O–H groups in total. The predicted octanol–water partition coefficient (Wildman–Crippen LogP) is 3.51. The van der Waals surface area contributed by atoms with Gasteiger partial charge in [-0.1, -0.05) is 22.4 Å². The number of halogens is 3. The van der Waals surface area contributed by atoms with Crippen LogP contribution in [0.15, 0.2) is 33.3 Å². The molecule has 0 saturated heterocycles. The average molecular weight is 340 g/mol. The van der Waals surface area contributed by atoms with Gasteiger partial charge in [0.05, 0.1) is 0 Å². The molecule has 126 valence electrons. The van der Waals surface area contributed by atoms with Crippen LogP contribution in [0.3, 0.4) is 0 Å². The van der Waals surface area contributed by atoms with Crippen molar-refractivity contribution in [3.8, 4) is 22.8 Å². The van der Waals surface area contributed by atoms with Crippen molar-refractivity contribution in [2.45, 2.75) is 19.2 Å². The summed E-state index contributed by atoms with van der Waals surface area (Å²) in [5, 5.41) is 7.12. The smallest absolute Gasteiger partial charge is 0.374 e. The highest BCUT2D eigenvalue weighted by molar-refractivity contribution is 5.62. The molecule has 0 amide bonds. The van der Waals surface area contributed by atoms with Crippen molar-refractivity contribution in [3.63, 3.8) is 0 Å². The number of ether oxygens (including phenoxy) is 1. The lowest BCUT2D eigenvalue weighted by Crippen LogP contribution is -2.04. The van der Waals surface area contributed by atoms with Crippen molar-refractivity contribution in [2.75, 3.05) is 7.11 Å². The van der Waals surface area contributed by atoms with Gasteiger partial charge in [0.2, 0.25) is 11.6 Å². The standard InChI is InChI=1S/C14H11F3N4O3/c1-7(22-2)10-18-12(23-20-10)9-5-3-8(4-6-9)11-19-13(24-21-11)14(15,16)17/h3-7H,1-2H3. The molecule has 24 heavy (non-hydrogen) atoms. The van der Waals surface area contributed by atoms with E-state index in [2.05, 4.69) is 24.8 Å². The summed E-state index contributed by atoms with van der Waals surface area (Å²) in [5.74, 6) is -0.890. The van der Waals surface area contributed by atoms with Crippen LogP contribution in [0.1, 0.15) is 24.7 Å². The number of alkyl halides is 3. The van der Waals surface area contributed by atoms with Gasteiger partial charge in [0.1, 0.15) is 6.10 Å². The van der Waals surface area contributed by atoms with Crippen LogP contribution in [0.4, 0.5) is 13.2 Å². The topological polar surface area (TPSA) is 87.1 Å². The first-order valence-corrected chi connectivity index (χ1v) is 6.76. The zero-order valence-electron chi connectivity index (χ0n) is 12.5. The predicted molar refractivity (Wildman–Crippen MR) is 73.5 cm³/mol. The Morgan fingerprint density at radius 2 is 1.67 bits per heavy atom. The largest absolute Gasteiger partial charge is 0.471 e. The summed E-state index contributed by atoms with van der Waals surface area (Å²) in [6, 6.07) is 6.27. The first kappa shape index (κ1) is 16.1. The summed E-state index contributed by atoms with van der Waals surface area (Å²) in [6.45, 7) is 1.77. The van der Waals surface area contributed by atoms with Gasteiger partial charge in [0.25, 0.3) is 5.89 Å². The molecule has 1 atom stereocenters. The molecule has 0 aliphatic carbocycles. The molecule has 3 aromatic rings. The summed E-state index contributed by atoms with van der Waals surface area (Å²) in [6.07, 6.45) is -4.99. The maximum absolute atomic E-state index is 12.5. The molecule has 2 heterocycles. The van der Waals surface area contributed by atoms with E-state index in [1.54, 1.807) is 19.1 Å². The fourth-order valence-corrected chi connectivity index (χ4v) is 1.84. The second-order valence-corrected chi connectivity index (χ2v) is 4.83. The molecule has 0 bridgehead atoms. The van der Waals surface area contributed by atoms with Gasteiger partial charge in [-0.3, -0.25) is 0 Å². The summed E-state index contributed by atoms with van der Waals surface area (Å²) >= 11 is 0. The molecule has 2 aromatic heterocycles. The fourth-order valence-electron chi connectivity index (χ4n) is 1.84. The lowest BCUT2D eigenvalue weighted by molar-refractivity contribution is -0.159. The highest BCUT2D eigenvalue weighted by atomic mass is 19.4. The van der Waals surface area contributed by atoms with Crippen LogP contribution in [0, 0.1) is 0 Å². The number of aromatic nitrogens is 4. The highest BCUT2D eigenvalue weighted by Gasteiger charge is 2.38. The first-order chi connectivity index (χ1) is 11.4. The van der Waals surface area contributed by atoms with E-state index in [9.17, 15) is 13.2 Å². The molecular formula is C14H11F3N4O3. The first-order valence-electron chi connectivity index (χ1n) is 6.76. The van der Waals surface area contributed by atoms with Crippen LogP contribution in [0.25, 0.3) is 22.8 Å². The van der Waals surface area contributed by atoms with Crippen molar-refractivity contribution in [3.05, 3.63) is 36.0 Å². The van der Waals surface area contributed by atoms with Crippen molar-refractivity contribution in [1.82, 2.24) is 20.3 Å². The number of benzene rings is 1. The number of nitrogens with zero attached hydrogens (tertiary/aromatic N) is 4. The van der Waals surface area contributed by atoms with E-state index < -0.39 is 12.1 Å². The number of hydrogen-bond donors (Lipinski definition) is 0. The van der Waals surface area contributed by atoms with Crippen LogP contribution in [-0.2, 0) is 10.9 Å². The molecule has 0 aliphatic rings. The van der Waals surface area contributed by atoms with Gasteiger partial charge in [-0.2, -0.15) is 23.1 Å². The molecule has 0 spiro atoms. The summed E-state index contributed by atoms with van der Waals surface area (Å²) in [5.41, 5.74) is 0.961. The Hall–Kier alpha value is -2.75. The van der Waals surface area contributed by atoms with E-state index in [0.29, 0.717) is 17.0 Å². The molecule has 10 heteroatoms. The lowest BCUT2D eigenvalue weighted by Gasteiger charge is -2.01. The minimum atomic E-state index is -4.68. The van der Waals surface area contributed by atoms with E-state index in [4.69, 9.17) is 9.26 Å². The normalized spacial score (nSPS) is 13.2. The van der Waals surface area contributed by atoms with Crippen LogP contribution < -0.4 is 0 Å². The summed E-state index contributed by atoms with van der Waals surface area (Å²) in [4.78, 5) is 7.51. The van der Waals surface area contributed by atoms with Gasteiger partial charge in [-0.05, 0) is 19.1 Å². The van der Waals surface area contributed by atoms with Gasteiger partial charge in [-0.25, -0.2) is 0 Å². The molecule has 3 rings (SSSR count). The highest BCUT2D eigenvalue weighted by Crippen LogP contribution is 2.30. The summed E-state index contributed by atoms with van der Waals surface area (Å²) in [7, 11) is 1.52. The molecule has 1 aromatic carbocycles. The summed E-state index contributed by atoms with van der Waals surface area (Å²) < 4.78 is 51.8. The van der Waals surface area contributed by atoms with Crippen LogP contribution >= 0.6 is 0 Å². The third kappa shape index (κ3) is 3.13. The molecule has 0 radical (unpaired) electrons. The molecule has 1 unspecified atom stereocenters. The van der Waals surface area contributed by atoms with Gasteiger partial charge in [0, 0.05) is 18.2 Å². The second-order valence-electron chi connectivity index (χ2n) is 4.83. The van der Waals surface area contributed by atoms with E-state index in [1.165, 1.54) is 19.2 Å². The van der Waals surface area contributed by atoms with E-state index in [-0.39, 0.29) is 17.8 Å². The Balaban J connectivity index is 1.83. The Bertz CT molecular complexity index is 826. The van der Waals surface area contributed by atoms with E-state index >= 15 is 0 Å². The zero-order chi connectivity index (χ0) is 17.3. The molecule has 0 aliphatic heterocycles. The SMILES string of the molecule is COC(C)c1noc(-c2ccc(-c3noc(C(F)(F)F)n3)cc2)n1. The van der Waals surface area contributed by atoms with Crippen LogP contribution in [0.5, 0.6) is 0 Å². The van der Waals surface area contributed by atoms with Crippen LogP contribution in [0.2, 0.25) is 0 Å². The average Bonchev–Trinajstić information content (AvgIpc) is 3.23. The molecule has 0 saturated carbocycles. The lowest BCUT2D eigenvalue weighted by atomic mass is 10.1. The van der Waals surface area contributed by atoms with Crippen molar-refractivity contribution in [2.24, 2.45) is 0 Å². The van der Waals surface area contributed by atoms with Crippen LogP contribution in [-0.4, -0.2) is 27.4 Å². The fraction of sp³-hybridized carbons (Fsp3) is 0.286. The van der Waals surface area contributed by atoms with Crippen molar-refractivity contribution >= 4 is 0 Å². The number of rotatable bonds is 4. The monoisotopic (exact) mass is 340 g/mol. The maximum atomic E-state index is 12.5. The van der Waals surface area contributed by atoms with Gasteiger partial charge in [-0.15, -0.1) is 0 Å². The maximum Gasteiger partial charge on any atom is 0.471 e. The zero-order valence-corrected chi connectivity index (χ0v) is 12.5. The number of methoxy groups -OCH3 is 1. The van der Waals surface area contributed by atoms with Gasteiger partial charge < -0.3 is 13.8 Å². The van der Waals surface area contributed by atoms with Crippen molar-refractivity contribution in [1.29, 1.82) is 0 Å². The van der Waals surface area contributed by atoms with Gasteiger partial charge >= 0.3 is 12.1 Å². The van der Waals surface area contributed by atoms with Crippen molar-refractivity contribution < 1.29 is 27.0 Å². The second kappa shape index (κ2) is 6.04. The van der Waals surface area contributed by atoms with Gasteiger partial charge in [0.15, 0.2) is 0 Å². The molecule has 7 nitrogen and oxygen atoms in total. The minimum absolute atomic E-state index is 0.159. The minimum Gasteiger partial charge on any atom is -0.374 e. The Kier molecular flexibility index (Phi) is 4.06. The molecule has 0 fully saturated rings. The quantitative estimate of drug-likeness (QED) is 0.718. The Morgan fingerprint density at radius 1 is 1.00 bits per heavy atom. The third-order valence-electron chi connectivity index (χ3n) is 3.22.